The van der Waals surface area contributed by atoms with Crippen molar-refractivity contribution in [3.05, 3.63) is 43.8 Å². The third-order valence-electron chi connectivity index (χ3n) is 3.04. The fraction of sp³-hybridized carbons (Fsp3) is 0.357. The molecule has 1 heterocycles. The largest absolute Gasteiger partial charge is 0.398 e. The molecular weight excluding hydrogens is 322 g/mol. The highest BCUT2D eigenvalue weighted by atomic mass is 79.9. The van der Waals surface area contributed by atoms with Gasteiger partial charge in [-0.05, 0) is 38.5 Å². The number of hydrogen-bond donors (Lipinski definition) is 2. The molecule has 1 atom stereocenters. The summed E-state index contributed by atoms with van der Waals surface area (Å²) >= 11 is 5.17. The van der Waals surface area contributed by atoms with Crippen LogP contribution < -0.4 is 11.1 Å². The van der Waals surface area contributed by atoms with E-state index in [1.54, 1.807) is 11.3 Å². The predicted octanol–water partition coefficient (Wildman–Crippen LogP) is 3.96. The summed E-state index contributed by atoms with van der Waals surface area (Å²) in [6, 6.07) is 6.28. The topological polar surface area (TPSA) is 50.9 Å². The maximum atomic E-state index is 6.00. The van der Waals surface area contributed by atoms with E-state index >= 15 is 0 Å². The van der Waals surface area contributed by atoms with Crippen molar-refractivity contribution in [2.24, 2.45) is 0 Å². The molecule has 0 amide bonds. The quantitative estimate of drug-likeness (QED) is 0.829. The highest BCUT2D eigenvalue weighted by molar-refractivity contribution is 9.10. The third-order valence-corrected chi connectivity index (χ3v) is 4.79. The Bertz CT molecular complexity index is 580. The van der Waals surface area contributed by atoms with Crippen LogP contribution in [0.5, 0.6) is 0 Å². The molecule has 2 rings (SSSR count). The molecule has 3 N–H and O–H groups in total. The van der Waals surface area contributed by atoms with E-state index in [1.807, 2.05) is 25.1 Å². The Hall–Kier alpha value is -0.910. The molecule has 0 saturated heterocycles. The lowest BCUT2D eigenvalue weighted by atomic mass is 10.1. The molecule has 3 nitrogen and oxygen atoms in total. The number of hydrogen-bond acceptors (Lipinski definition) is 4. The monoisotopic (exact) mass is 339 g/mol. The minimum Gasteiger partial charge on any atom is -0.398 e. The minimum atomic E-state index is 0.286. The van der Waals surface area contributed by atoms with Gasteiger partial charge < -0.3 is 11.1 Å². The number of nitrogen functional groups attached to an aromatic ring is 1. The molecule has 0 saturated carbocycles. The van der Waals surface area contributed by atoms with Crippen molar-refractivity contribution in [3.8, 4) is 0 Å². The summed E-state index contributed by atoms with van der Waals surface area (Å²) in [6.45, 7) is 7.03. The van der Waals surface area contributed by atoms with Crippen molar-refractivity contribution in [2.75, 3.05) is 5.73 Å². The van der Waals surface area contributed by atoms with Crippen molar-refractivity contribution in [1.82, 2.24) is 10.3 Å². The number of anilines is 1. The second-order valence-electron chi connectivity index (χ2n) is 4.63. The van der Waals surface area contributed by atoms with Crippen LogP contribution in [0.3, 0.4) is 0 Å². The number of nitrogens with zero attached hydrogens (tertiary/aromatic N) is 1. The average Bonchev–Trinajstić information content (AvgIpc) is 2.67. The lowest BCUT2D eigenvalue weighted by Gasteiger charge is -2.14. The summed E-state index contributed by atoms with van der Waals surface area (Å²) in [5.41, 5.74) is 9.05. The zero-order chi connectivity index (χ0) is 14.0. The standard InChI is InChI=1S/C14H18BrN3S/c1-8(14-9(2)18-10(3)19-14)17-7-11-4-5-12(15)6-13(11)16/h4-6,8,17H,7,16H2,1-3H3. The van der Waals surface area contributed by atoms with E-state index in [1.165, 1.54) is 4.88 Å². The molecule has 2 aromatic rings. The zero-order valence-corrected chi connectivity index (χ0v) is 13.7. The summed E-state index contributed by atoms with van der Waals surface area (Å²) in [7, 11) is 0. The van der Waals surface area contributed by atoms with Gasteiger partial charge in [-0.25, -0.2) is 4.98 Å². The van der Waals surface area contributed by atoms with Gasteiger partial charge in [-0.15, -0.1) is 11.3 Å². The van der Waals surface area contributed by atoms with Gasteiger partial charge in [-0.2, -0.15) is 0 Å². The van der Waals surface area contributed by atoms with Crippen LogP contribution in [0.1, 0.15) is 34.1 Å². The van der Waals surface area contributed by atoms with Crippen molar-refractivity contribution < 1.29 is 0 Å². The number of nitrogens with one attached hydrogen (secondary N) is 1. The zero-order valence-electron chi connectivity index (χ0n) is 11.3. The minimum absolute atomic E-state index is 0.286. The Morgan fingerprint density at radius 2 is 2.16 bits per heavy atom. The highest BCUT2D eigenvalue weighted by Gasteiger charge is 2.12. The molecule has 1 unspecified atom stereocenters. The van der Waals surface area contributed by atoms with Crippen LogP contribution in [0, 0.1) is 13.8 Å². The van der Waals surface area contributed by atoms with E-state index in [9.17, 15) is 0 Å². The van der Waals surface area contributed by atoms with Gasteiger partial charge in [0.2, 0.25) is 0 Å². The highest BCUT2D eigenvalue weighted by Crippen LogP contribution is 2.25. The Balaban J connectivity index is 2.04. The molecule has 1 aromatic heterocycles. The van der Waals surface area contributed by atoms with Gasteiger partial charge in [0.05, 0.1) is 10.7 Å². The van der Waals surface area contributed by atoms with Crippen LogP contribution >= 0.6 is 27.3 Å². The maximum absolute atomic E-state index is 6.00. The molecule has 102 valence electrons. The Kier molecular flexibility index (Phi) is 4.60. The molecule has 19 heavy (non-hydrogen) atoms. The first-order valence-electron chi connectivity index (χ1n) is 6.18. The lowest BCUT2D eigenvalue weighted by Crippen LogP contribution is -2.18. The van der Waals surface area contributed by atoms with Gasteiger partial charge in [0.1, 0.15) is 0 Å². The van der Waals surface area contributed by atoms with Gasteiger partial charge in [0.25, 0.3) is 0 Å². The van der Waals surface area contributed by atoms with E-state index in [0.29, 0.717) is 0 Å². The number of halogens is 1. The van der Waals surface area contributed by atoms with Crippen LogP contribution in [0.25, 0.3) is 0 Å². The first-order chi connectivity index (χ1) is 8.97. The predicted molar refractivity (Wildman–Crippen MR) is 85.4 cm³/mol. The average molecular weight is 340 g/mol. The van der Waals surface area contributed by atoms with Gasteiger partial charge in [-0.3, -0.25) is 0 Å². The maximum Gasteiger partial charge on any atom is 0.0900 e. The molecule has 0 spiro atoms. The van der Waals surface area contributed by atoms with Crippen molar-refractivity contribution in [1.29, 1.82) is 0 Å². The number of aryl methyl sites for hydroxylation is 2. The van der Waals surface area contributed by atoms with Gasteiger partial charge in [0, 0.05) is 27.6 Å². The van der Waals surface area contributed by atoms with Crippen LogP contribution in [0.2, 0.25) is 0 Å². The molecule has 1 aromatic carbocycles. The van der Waals surface area contributed by atoms with Crippen LogP contribution in [-0.4, -0.2) is 4.98 Å². The number of benzene rings is 1. The van der Waals surface area contributed by atoms with E-state index in [-0.39, 0.29) is 6.04 Å². The number of thiazole rings is 1. The summed E-state index contributed by atoms with van der Waals surface area (Å²) in [6.07, 6.45) is 0. The van der Waals surface area contributed by atoms with E-state index in [4.69, 9.17) is 5.73 Å². The van der Waals surface area contributed by atoms with E-state index < -0.39 is 0 Å². The number of aromatic nitrogens is 1. The van der Waals surface area contributed by atoms with Crippen molar-refractivity contribution in [3.63, 3.8) is 0 Å². The molecule has 0 fully saturated rings. The molecule has 0 aliphatic rings. The lowest BCUT2D eigenvalue weighted by molar-refractivity contribution is 0.580. The van der Waals surface area contributed by atoms with Crippen LogP contribution in [0.15, 0.2) is 22.7 Å². The van der Waals surface area contributed by atoms with Crippen LogP contribution in [0.4, 0.5) is 5.69 Å². The SMILES string of the molecule is Cc1nc(C)c(C(C)NCc2ccc(Br)cc2N)s1. The number of nitrogens with two attached hydrogens (primary N) is 1. The second-order valence-corrected chi connectivity index (χ2v) is 6.78. The first-order valence-corrected chi connectivity index (χ1v) is 7.79. The smallest absolute Gasteiger partial charge is 0.0900 e. The van der Waals surface area contributed by atoms with E-state index in [0.717, 1.165) is 33.0 Å². The Labute approximate surface area is 126 Å². The molecule has 0 radical (unpaired) electrons. The van der Waals surface area contributed by atoms with Crippen molar-refractivity contribution in [2.45, 2.75) is 33.4 Å². The normalized spacial score (nSPS) is 12.6. The Morgan fingerprint density at radius 1 is 1.42 bits per heavy atom. The summed E-state index contributed by atoms with van der Waals surface area (Å²) in [4.78, 5) is 5.76. The van der Waals surface area contributed by atoms with E-state index in [2.05, 4.69) is 40.1 Å². The third kappa shape index (κ3) is 3.55. The van der Waals surface area contributed by atoms with Gasteiger partial charge >= 0.3 is 0 Å². The van der Waals surface area contributed by atoms with Crippen LogP contribution in [-0.2, 0) is 6.54 Å². The molecular formula is C14H18BrN3S. The summed E-state index contributed by atoms with van der Waals surface area (Å²) in [5, 5.41) is 4.62. The molecule has 5 heteroatoms. The Morgan fingerprint density at radius 3 is 2.74 bits per heavy atom. The first kappa shape index (κ1) is 14.5. The van der Waals surface area contributed by atoms with Gasteiger partial charge in [0.15, 0.2) is 0 Å². The van der Waals surface area contributed by atoms with Crippen molar-refractivity contribution >= 4 is 33.0 Å². The molecule has 0 aliphatic carbocycles. The molecule has 0 bridgehead atoms. The summed E-state index contributed by atoms with van der Waals surface area (Å²) in [5.74, 6) is 0. The number of rotatable bonds is 4. The fourth-order valence-electron chi connectivity index (χ4n) is 2.03. The van der Waals surface area contributed by atoms with Gasteiger partial charge in [-0.1, -0.05) is 22.0 Å². The fourth-order valence-corrected chi connectivity index (χ4v) is 3.36. The molecule has 0 aliphatic heterocycles. The second kappa shape index (κ2) is 6.03. The summed E-state index contributed by atoms with van der Waals surface area (Å²) < 4.78 is 1.01.